The first-order valence-electron chi connectivity index (χ1n) is 10.0. The monoisotopic (exact) mass is 356 g/mol. The Morgan fingerprint density at radius 2 is 1.65 bits per heavy atom. The second-order valence-electron chi connectivity index (χ2n) is 6.98. The van der Waals surface area contributed by atoms with Gasteiger partial charge >= 0.3 is 0 Å². The van der Waals surface area contributed by atoms with Crippen molar-refractivity contribution < 1.29 is 9.59 Å². The van der Waals surface area contributed by atoms with E-state index < -0.39 is 0 Å². The maximum atomic E-state index is 12.6. The number of rotatable bonds is 9. The summed E-state index contributed by atoms with van der Waals surface area (Å²) in [6, 6.07) is 7.02. The van der Waals surface area contributed by atoms with Gasteiger partial charge in [-0.2, -0.15) is 0 Å². The summed E-state index contributed by atoms with van der Waals surface area (Å²) < 4.78 is 0. The molecule has 1 aromatic carbocycles. The molecule has 26 heavy (non-hydrogen) atoms. The lowest BCUT2D eigenvalue weighted by molar-refractivity contribution is 0.0755. The number of nitrogens with zero attached hydrogens (tertiary/aromatic N) is 1. The van der Waals surface area contributed by atoms with E-state index in [4.69, 9.17) is 0 Å². The first kappa shape index (κ1) is 20.2. The van der Waals surface area contributed by atoms with E-state index in [0.717, 1.165) is 32.4 Å². The van der Waals surface area contributed by atoms with Gasteiger partial charge in [-0.25, -0.2) is 0 Å². The topological polar surface area (TPSA) is 49.4 Å². The Kier molecular flexibility index (Phi) is 8.39. The molecular formula is C22H32N2O2. The molecule has 1 aliphatic carbocycles. The number of carbonyl (C=O) groups excluding carboxylic acids is 2. The van der Waals surface area contributed by atoms with Crippen molar-refractivity contribution in [3.8, 4) is 0 Å². The Morgan fingerprint density at radius 3 is 2.23 bits per heavy atom. The summed E-state index contributed by atoms with van der Waals surface area (Å²) >= 11 is 0. The molecule has 4 nitrogen and oxygen atoms in total. The van der Waals surface area contributed by atoms with Crippen LogP contribution in [0, 0.1) is 0 Å². The Labute approximate surface area is 157 Å². The van der Waals surface area contributed by atoms with Crippen molar-refractivity contribution in [2.24, 2.45) is 0 Å². The number of carbonyl (C=O) groups is 2. The lowest BCUT2D eigenvalue weighted by Gasteiger charge is -2.21. The van der Waals surface area contributed by atoms with E-state index in [2.05, 4.69) is 25.2 Å². The number of hydrogen-bond acceptors (Lipinski definition) is 2. The molecular weight excluding hydrogens is 324 g/mol. The van der Waals surface area contributed by atoms with Gasteiger partial charge in [-0.05, 0) is 69.2 Å². The fraction of sp³-hybridized carbons (Fsp3) is 0.545. The smallest absolute Gasteiger partial charge is 0.253 e. The van der Waals surface area contributed by atoms with E-state index >= 15 is 0 Å². The second-order valence-corrected chi connectivity index (χ2v) is 6.98. The van der Waals surface area contributed by atoms with Gasteiger partial charge in [0.25, 0.3) is 11.8 Å². The molecule has 0 aromatic heterocycles. The van der Waals surface area contributed by atoms with Crippen LogP contribution >= 0.6 is 0 Å². The average molecular weight is 357 g/mol. The quantitative estimate of drug-likeness (QED) is 0.659. The van der Waals surface area contributed by atoms with Crippen LogP contribution < -0.4 is 5.32 Å². The number of amides is 2. The molecule has 0 spiro atoms. The third-order valence-corrected chi connectivity index (χ3v) is 4.79. The number of allylic oxidation sites excluding steroid dienone is 1. The van der Waals surface area contributed by atoms with Crippen LogP contribution in [-0.2, 0) is 0 Å². The lowest BCUT2D eigenvalue weighted by atomic mass is 9.97. The molecule has 2 rings (SSSR count). The highest BCUT2D eigenvalue weighted by Gasteiger charge is 2.15. The van der Waals surface area contributed by atoms with Crippen molar-refractivity contribution >= 4 is 11.8 Å². The predicted molar refractivity (Wildman–Crippen MR) is 106 cm³/mol. The van der Waals surface area contributed by atoms with Gasteiger partial charge in [0.15, 0.2) is 0 Å². The molecule has 0 atom stereocenters. The van der Waals surface area contributed by atoms with Gasteiger partial charge in [0.05, 0.1) is 0 Å². The molecule has 1 N–H and O–H groups in total. The maximum absolute atomic E-state index is 12.6. The summed E-state index contributed by atoms with van der Waals surface area (Å²) in [5.74, 6) is -0.0238. The molecule has 0 aliphatic heterocycles. The molecule has 1 aromatic rings. The van der Waals surface area contributed by atoms with Crippen molar-refractivity contribution in [3.63, 3.8) is 0 Å². The standard InChI is InChI=1S/C22H32N2O2/c1-3-16-24(17-4-2)22(26)20-12-10-19(11-13-20)21(25)23-15-14-18-8-6-5-7-9-18/h8,10-13H,3-7,9,14-17H2,1-2H3,(H,23,25). The summed E-state index contributed by atoms with van der Waals surface area (Å²) in [6.45, 7) is 6.36. The maximum Gasteiger partial charge on any atom is 0.253 e. The molecule has 2 amide bonds. The third-order valence-electron chi connectivity index (χ3n) is 4.79. The zero-order chi connectivity index (χ0) is 18.8. The van der Waals surface area contributed by atoms with Gasteiger partial charge in [0.2, 0.25) is 0 Å². The average Bonchev–Trinajstić information content (AvgIpc) is 2.68. The second kappa shape index (κ2) is 10.8. The minimum atomic E-state index is -0.0700. The van der Waals surface area contributed by atoms with Gasteiger partial charge in [0, 0.05) is 30.8 Å². The molecule has 0 radical (unpaired) electrons. The molecule has 0 saturated carbocycles. The zero-order valence-electron chi connectivity index (χ0n) is 16.2. The fourth-order valence-electron chi connectivity index (χ4n) is 3.37. The van der Waals surface area contributed by atoms with Crippen molar-refractivity contribution in [3.05, 3.63) is 47.0 Å². The summed E-state index contributed by atoms with van der Waals surface area (Å²) in [5, 5.41) is 2.98. The largest absolute Gasteiger partial charge is 0.352 e. The molecule has 4 heteroatoms. The van der Waals surface area contributed by atoms with Crippen LogP contribution in [0.3, 0.4) is 0 Å². The summed E-state index contributed by atoms with van der Waals surface area (Å²) in [6.07, 6.45) is 10.0. The molecule has 142 valence electrons. The Hall–Kier alpha value is -2.10. The van der Waals surface area contributed by atoms with Crippen molar-refractivity contribution in [1.82, 2.24) is 10.2 Å². The zero-order valence-corrected chi connectivity index (χ0v) is 16.2. The minimum Gasteiger partial charge on any atom is -0.352 e. The predicted octanol–water partition coefficient (Wildman–Crippen LogP) is 4.57. The highest BCUT2D eigenvalue weighted by atomic mass is 16.2. The summed E-state index contributed by atoms with van der Waals surface area (Å²) in [7, 11) is 0. The van der Waals surface area contributed by atoms with Gasteiger partial charge < -0.3 is 10.2 Å². The van der Waals surface area contributed by atoms with Gasteiger partial charge in [-0.15, -0.1) is 0 Å². The van der Waals surface area contributed by atoms with Crippen LogP contribution in [0.1, 0.15) is 79.5 Å². The van der Waals surface area contributed by atoms with Crippen LogP contribution in [0.5, 0.6) is 0 Å². The number of hydrogen-bond donors (Lipinski definition) is 1. The molecule has 0 unspecified atom stereocenters. The first-order chi connectivity index (χ1) is 12.7. The fourth-order valence-corrected chi connectivity index (χ4v) is 3.37. The highest BCUT2D eigenvalue weighted by molar-refractivity contribution is 5.97. The van der Waals surface area contributed by atoms with Crippen molar-refractivity contribution in [2.45, 2.75) is 58.8 Å². The van der Waals surface area contributed by atoms with E-state index in [1.165, 1.54) is 31.3 Å². The van der Waals surface area contributed by atoms with E-state index in [0.29, 0.717) is 17.7 Å². The van der Waals surface area contributed by atoms with Crippen molar-refractivity contribution in [1.29, 1.82) is 0 Å². The number of benzene rings is 1. The van der Waals surface area contributed by atoms with Crippen LogP contribution in [0.25, 0.3) is 0 Å². The molecule has 0 fully saturated rings. The number of nitrogens with one attached hydrogen (secondary N) is 1. The molecule has 0 bridgehead atoms. The van der Waals surface area contributed by atoms with Crippen molar-refractivity contribution in [2.75, 3.05) is 19.6 Å². The summed E-state index contributed by atoms with van der Waals surface area (Å²) in [5.41, 5.74) is 2.72. The van der Waals surface area contributed by atoms with Gasteiger partial charge in [0.1, 0.15) is 0 Å². The Bertz CT molecular complexity index is 614. The Morgan fingerprint density at radius 1 is 1.00 bits per heavy atom. The lowest BCUT2D eigenvalue weighted by Crippen LogP contribution is -2.32. The SMILES string of the molecule is CCCN(CCC)C(=O)c1ccc(C(=O)NCCC2=CCCCC2)cc1. The van der Waals surface area contributed by atoms with E-state index in [1.54, 1.807) is 24.3 Å². The summed E-state index contributed by atoms with van der Waals surface area (Å²) in [4.78, 5) is 26.7. The third kappa shape index (κ3) is 6.01. The van der Waals surface area contributed by atoms with Crippen LogP contribution in [-0.4, -0.2) is 36.3 Å². The van der Waals surface area contributed by atoms with Gasteiger partial charge in [-0.3, -0.25) is 9.59 Å². The first-order valence-corrected chi connectivity index (χ1v) is 10.0. The molecule has 0 heterocycles. The Balaban J connectivity index is 1.87. The minimum absolute atomic E-state index is 0.0462. The highest BCUT2D eigenvalue weighted by Crippen LogP contribution is 2.19. The van der Waals surface area contributed by atoms with E-state index in [1.807, 2.05) is 4.90 Å². The van der Waals surface area contributed by atoms with E-state index in [9.17, 15) is 9.59 Å². The normalized spacial score (nSPS) is 13.8. The van der Waals surface area contributed by atoms with Crippen LogP contribution in [0.4, 0.5) is 0 Å². The molecule has 0 saturated heterocycles. The van der Waals surface area contributed by atoms with Gasteiger partial charge in [-0.1, -0.05) is 25.5 Å². The van der Waals surface area contributed by atoms with Crippen LogP contribution in [0.15, 0.2) is 35.9 Å². The molecule has 1 aliphatic rings. The van der Waals surface area contributed by atoms with E-state index in [-0.39, 0.29) is 11.8 Å². The van der Waals surface area contributed by atoms with Crippen LogP contribution in [0.2, 0.25) is 0 Å².